The molecule has 0 unspecified atom stereocenters. The molecule has 0 aliphatic heterocycles. The number of carbonyl (C=O) groups is 2. The highest BCUT2D eigenvalue weighted by Crippen LogP contribution is 2.31. The molecule has 0 atom stereocenters. The van der Waals surface area contributed by atoms with E-state index in [2.05, 4.69) is 29.1 Å². The van der Waals surface area contributed by atoms with Gasteiger partial charge < -0.3 is 15.0 Å². The Bertz CT molecular complexity index is 1220. The number of ether oxygens (including phenoxy) is 1. The zero-order chi connectivity index (χ0) is 24.8. The number of aromatic amines is 1. The van der Waals surface area contributed by atoms with Gasteiger partial charge in [0.15, 0.2) is 0 Å². The molecule has 0 aliphatic rings. The number of rotatable bonds is 10. The van der Waals surface area contributed by atoms with Gasteiger partial charge in [-0.05, 0) is 56.2 Å². The lowest BCUT2D eigenvalue weighted by Gasteiger charge is -2.25. The summed E-state index contributed by atoms with van der Waals surface area (Å²) in [6, 6.07) is 7.18. The van der Waals surface area contributed by atoms with Crippen LogP contribution in [0, 0.1) is 5.92 Å². The van der Waals surface area contributed by atoms with Gasteiger partial charge in [0.05, 0.1) is 36.2 Å². The number of fused-ring (bicyclic) bond motifs is 1. The Kier molecular flexibility index (Phi) is 8.57. The first-order valence-corrected chi connectivity index (χ1v) is 12.4. The number of H-pyrrole nitrogens is 1. The predicted octanol–water partition coefficient (Wildman–Crippen LogP) is 4.21. The minimum absolute atomic E-state index is 0.0203. The largest absolute Gasteiger partial charge is 0.462 e. The molecule has 0 radical (unpaired) electrons. The summed E-state index contributed by atoms with van der Waals surface area (Å²) < 4.78 is 5.24. The summed E-state index contributed by atoms with van der Waals surface area (Å²) in [6.45, 7) is 10.5. The molecule has 0 spiro atoms. The molecule has 182 valence electrons. The number of esters is 1. The molecule has 1 amide bonds. The van der Waals surface area contributed by atoms with Crippen molar-refractivity contribution in [1.29, 1.82) is 0 Å². The van der Waals surface area contributed by atoms with Crippen molar-refractivity contribution in [3.8, 4) is 0 Å². The van der Waals surface area contributed by atoms with Crippen LogP contribution in [0.3, 0.4) is 0 Å². The fourth-order valence-corrected chi connectivity index (χ4v) is 4.66. The Morgan fingerprint density at radius 1 is 1.21 bits per heavy atom. The lowest BCUT2D eigenvalue weighted by atomic mass is 10.0. The van der Waals surface area contributed by atoms with Gasteiger partial charge in [-0.1, -0.05) is 26.0 Å². The van der Waals surface area contributed by atoms with Crippen molar-refractivity contribution in [1.82, 2.24) is 14.9 Å². The van der Waals surface area contributed by atoms with E-state index in [0.29, 0.717) is 39.8 Å². The average Bonchev–Trinajstić information content (AvgIpc) is 3.14. The van der Waals surface area contributed by atoms with Crippen molar-refractivity contribution in [2.45, 2.75) is 53.6 Å². The number of anilines is 1. The number of nitrogens with zero attached hydrogens (tertiary/aromatic N) is 2. The minimum atomic E-state index is -0.423. The van der Waals surface area contributed by atoms with Gasteiger partial charge in [-0.25, -0.2) is 9.78 Å². The number of carbonyl (C=O) groups excluding carboxylic acids is 2. The fourth-order valence-electron chi connectivity index (χ4n) is 3.68. The first-order valence-electron chi connectivity index (χ1n) is 11.5. The summed E-state index contributed by atoms with van der Waals surface area (Å²) in [7, 11) is 0. The smallest absolute Gasteiger partial charge is 0.341 e. The number of amides is 1. The highest BCUT2D eigenvalue weighted by Gasteiger charge is 2.23. The maximum atomic E-state index is 13.0. The summed E-state index contributed by atoms with van der Waals surface area (Å²) in [4.78, 5) is 47.3. The molecule has 8 nitrogen and oxygen atoms in total. The van der Waals surface area contributed by atoms with E-state index >= 15 is 0 Å². The van der Waals surface area contributed by atoms with Crippen molar-refractivity contribution >= 4 is 39.1 Å². The normalized spacial score (nSPS) is 11.5. The first kappa shape index (κ1) is 25.6. The molecule has 1 aromatic carbocycles. The molecule has 34 heavy (non-hydrogen) atoms. The van der Waals surface area contributed by atoms with E-state index in [0.717, 1.165) is 12.0 Å². The van der Waals surface area contributed by atoms with Gasteiger partial charge in [-0.15, -0.1) is 11.3 Å². The zero-order valence-corrected chi connectivity index (χ0v) is 21.1. The van der Waals surface area contributed by atoms with E-state index in [4.69, 9.17) is 4.74 Å². The average molecular weight is 485 g/mol. The maximum Gasteiger partial charge on any atom is 0.341 e. The molecular formula is C25H32N4O4S. The van der Waals surface area contributed by atoms with Crippen LogP contribution >= 0.6 is 11.3 Å². The second-order valence-corrected chi connectivity index (χ2v) is 9.74. The zero-order valence-electron chi connectivity index (χ0n) is 20.3. The summed E-state index contributed by atoms with van der Waals surface area (Å²) in [5.41, 5.74) is 1.73. The minimum Gasteiger partial charge on any atom is -0.462 e. The van der Waals surface area contributed by atoms with Gasteiger partial charge in [-0.3, -0.25) is 14.5 Å². The van der Waals surface area contributed by atoms with Crippen molar-refractivity contribution in [3.63, 3.8) is 0 Å². The molecule has 2 aromatic heterocycles. The van der Waals surface area contributed by atoms with Gasteiger partial charge >= 0.3 is 5.97 Å². The second kappa shape index (κ2) is 11.4. The van der Waals surface area contributed by atoms with Crippen molar-refractivity contribution < 1.29 is 14.3 Å². The summed E-state index contributed by atoms with van der Waals surface area (Å²) in [5, 5.41) is 5.84. The fraction of sp³-hybridized carbons (Fsp3) is 0.440. The lowest BCUT2D eigenvalue weighted by Crippen LogP contribution is -2.38. The van der Waals surface area contributed by atoms with Crippen LogP contribution in [0.4, 0.5) is 5.00 Å². The predicted molar refractivity (Wildman–Crippen MR) is 135 cm³/mol. The molecule has 0 aliphatic carbocycles. The Labute approximate surface area is 203 Å². The van der Waals surface area contributed by atoms with Crippen molar-refractivity contribution in [2.75, 3.05) is 18.5 Å². The molecule has 0 saturated carbocycles. The lowest BCUT2D eigenvalue weighted by molar-refractivity contribution is -0.117. The number of nitrogens with one attached hydrogen (secondary N) is 2. The number of hydrogen-bond acceptors (Lipinski definition) is 7. The molecule has 0 saturated heterocycles. The van der Waals surface area contributed by atoms with Crippen LogP contribution in [0.15, 0.2) is 34.4 Å². The van der Waals surface area contributed by atoms with Crippen LogP contribution in [-0.2, 0) is 22.5 Å². The van der Waals surface area contributed by atoms with Gasteiger partial charge in [0.25, 0.3) is 5.56 Å². The third-order valence-corrected chi connectivity index (χ3v) is 6.26. The Morgan fingerprint density at radius 3 is 2.62 bits per heavy atom. The second-order valence-electron chi connectivity index (χ2n) is 8.86. The molecule has 9 heteroatoms. The third-order valence-electron chi connectivity index (χ3n) is 5.32. The Balaban J connectivity index is 1.77. The van der Waals surface area contributed by atoms with Gasteiger partial charge in [-0.2, -0.15) is 0 Å². The van der Waals surface area contributed by atoms with Gasteiger partial charge in [0.2, 0.25) is 5.91 Å². The standard InChI is InChI=1S/C25H32N4O4S/c1-6-33-25(32)22-17(11-15(2)3)14-34-24(22)28-21(30)13-29(16(4)5)12-20-26-19-10-8-7-9-18(19)23(31)27-20/h7-10,14-16H,6,11-13H2,1-5H3,(H,28,30)(H,26,27,31). The topological polar surface area (TPSA) is 104 Å². The molecule has 2 N–H and O–H groups in total. The first-order chi connectivity index (χ1) is 16.2. The van der Waals surface area contributed by atoms with Crippen LogP contribution in [0.1, 0.15) is 56.4 Å². The number of aromatic nitrogens is 2. The summed E-state index contributed by atoms with van der Waals surface area (Å²) >= 11 is 1.33. The van der Waals surface area contributed by atoms with Crippen LogP contribution < -0.4 is 10.9 Å². The van der Waals surface area contributed by atoms with E-state index in [9.17, 15) is 14.4 Å². The Morgan fingerprint density at radius 2 is 1.94 bits per heavy atom. The molecule has 3 rings (SSSR count). The molecule has 0 bridgehead atoms. The van der Waals surface area contributed by atoms with Crippen LogP contribution in [0.2, 0.25) is 0 Å². The summed E-state index contributed by atoms with van der Waals surface area (Å²) in [5.74, 6) is 0.181. The van der Waals surface area contributed by atoms with Crippen molar-refractivity contribution in [2.24, 2.45) is 5.92 Å². The quantitative estimate of drug-likeness (QED) is 0.418. The van der Waals surface area contributed by atoms with E-state index < -0.39 is 5.97 Å². The van der Waals surface area contributed by atoms with Crippen LogP contribution in [0.5, 0.6) is 0 Å². The van der Waals surface area contributed by atoms with Crippen LogP contribution in [-0.4, -0.2) is 45.9 Å². The number of benzene rings is 1. The van der Waals surface area contributed by atoms with E-state index in [1.165, 1.54) is 11.3 Å². The third kappa shape index (κ3) is 6.30. The molecular weight excluding hydrogens is 452 g/mol. The highest BCUT2D eigenvalue weighted by atomic mass is 32.1. The maximum absolute atomic E-state index is 13.0. The Hall–Kier alpha value is -3.04. The number of para-hydroxylation sites is 1. The van der Waals surface area contributed by atoms with Crippen molar-refractivity contribution in [3.05, 3.63) is 57.0 Å². The summed E-state index contributed by atoms with van der Waals surface area (Å²) in [6.07, 6.45) is 0.722. The van der Waals surface area contributed by atoms with E-state index in [-0.39, 0.29) is 30.7 Å². The highest BCUT2D eigenvalue weighted by molar-refractivity contribution is 7.15. The number of thiophene rings is 1. The van der Waals surface area contributed by atoms with Gasteiger partial charge in [0, 0.05) is 6.04 Å². The molecule has 3 aromatic rings. The molecule has 2 heterocycles. The number of hydrogen-bond donors (Lipinski definition) is 2. The van der Waals surface area contributed by atoms with E-state index in [1.807, 2.05) is 30.2 Å². The van der Waals surface area contributed by atoms with E-state index in [1.54, 1.807) is 25.1 Å². The monoisotopic (exact) mass is 484 g/mol. The van der Waals surface area contributed by atoms with Crippen LogP contribution in [0.25, 0.3) is 10.9 Å². The SMILES string of the molecule is CCOC(=O)c1c(CC(C)C)csc1NC(=O)CN(Cc1nc2ccccc2c(=O)[nH]1)C(C)C. The molecule has 0 fully saturated rings. The van der Waals surface area contributed by atoms with Gasteiger partial charge in [0.1, 0.15) is 10.8 Å².